The van der Waals surface area contributed by atoms with E-state index in [9.17, 15) is 13.2 Å². The molecule has 0 aliphatic carbocycles. The number of benzene rings is 1. The fraction of sp³-hybridized carbons (Fsp3) is 0.231. The second kappa shape index (κ2) is 4.49. The van der Waals surface area contributed by atoms with Gasteiger partial charge in [0, 0.05) is 22.9 Å². The lowest BCUT2D eigenvalue weighted by Crippen LogP contribution is -2.14. The highest BCUT2D eigenvalue weighted by Gasteiger charge is 2.13. The highest BCUT2D eigenvalue weighted by molar-refractivity contribution is 7.91. The summed E-state index contributed by atoms with van der Waals surface area (Å²) in [6.07, 6.45) is 1.05. The Bertz CT molecular complexity index is 720. The fourth-order valence-electron chi connectivity index (χ4n) is 1.72. The molecule has 0 spiro atoms. The number of rotatable bonds is 3. The first-order valence-electron chi connectivity index (χ1n) is 5.43. The molecule has 0 atom stereocenters. The van der Waals surface area contributed by atoms with Crippen molar-refractivity contribution in [3.63, 3.8) is 0 Å². The minimum atomic E-state index is -3.30. The molecule has 5 heteroatoms. The van der Waals surface area contributed by atoms with E-state index in [1.165, 1.54) is 0 Å². The van der Waals surface area contributed by atoms with Gasteiger partial charge in [0.2, 0.25) is 0 Å². The van der Waals surface area contributed by atoms with Crippen molar-refractivity contribution in [2.45, 2.75) is 6.92 Å². The molecule has 2 aromatic rings. The zero-order valence-corrected chi connectivity index (χ0v) is 11.0. The van der Waals surface area contributed by atoms with Gasteiger partial charge in [-0.25, -0.2) is 8.42 Å². The lowest BCUT2D eigenvalue weighted by molar-refractivity contribution is 0.102. The third-order valence-corrected chi connectivity index (χ3v) is 3.33. The molecule has 0 saturated heterocycles. The van der Waals surface area contributed by atoms with Gasteiger partial charge in [0.05, 0.1) is 5.52 Å². The Labute approximate surface area is 106 Å². The molecule has 0 amide bonds. The lowest BCUT2D eigenvalue weighted by Gasteiger charge is -2.03. The lowest BCUT2D eigenvalue weighted by atomic mass is 10.1. The highest BCUT2D eigenvalue weighted by atomic mass is 32.2. The molecule has 1 aromatic heterocycles. The quantitative estimate of drug-likeness (QED) is 0.792. The van der Waals surface area contributed by atoms with Gasteiger partial charge in [0.1, 0.15) is 5.75 Å². The molecule has 4 nitrogen and oxygen atoms in total. The Morgan fingerprint density at radius 3 is 2.61 bits per heavy atom. The highest BCUT2D eigenvalue weighted by Crippen LogP contribution is 2.15. The third-order valence-electron chi connectivity index (χ3n) is 2.54. The normalized spacial score (nSPS) is 11.7. The molecule has 0 saturated carbocycles. The number of hydrogen-bond donors (Lipinski definition) is 0. The van der Waals surface area contributed by atoms with Crippen molar-refractivity contribution in [1.29, 1.82) is 0 Å². The summed E-state index contributed by atoms with van der Waals surface area (Å²) in [7, 11) is -3.30. The number of aromatic nitrogens is 1. The molecule has 1 heterocycles. The van der Waals surface area contributed by atoms with E-state index < -0.39 is 15.6 Å². The number of Topliss-reactive ketones (excluding diaryl/α,β-unsaturated/α-hetero) is 1. The first-order chi connectivity index (χ1) is 8.35. The molecule has 1 aromatic carbocycles. The van der Waals surface area contributed by atoms with E-state index in [2.05, 4.69) is 4.98 Å². The molecular formula is C13H13NO3S. The second-order valence-electron chi connectivity index (χ2n) is 4.35. The monoisotopic (exact) mass is 263 g/mol. The van der Waals surface area contributed by atoms with Gasteiger partial charge in [-0.15, -0.1) is 0 Å². The standard InChI is InChI=1S/C13H13NO3S/c1-9-3-4-10-7-11(5-6-12(10)14-9)13(15)8-18(2,16)17/h3-7H,8H2,1-2H3. The largest absolute Gasteiger partial charge is 0.293 e. The Morgan fingerprint density at radius 2 is 1.94 bits per heavy atom. The molecule has 0 aliphatic rings. The average Bonchev–Trinajstić information content (AvgIpc) is 2.26. The van der Waals surface area contributed by atoms with Crippen LogP contribution in [0.2, 0.25) is 0 Å². The topological polar surface area (TPSA) is 64.1 Å². The van der Waals surface area contributed by atoms with Crippen LogP contribution in [0.25, 0.3) is 10.9 Å². The molecular weight excluding hydrogens is 250 g/mol. The van der Waals surface area contributed by atoms with Gasteiger partial charge >= 0.3 is 0 Å². The second-order valence-corrected chi connectivity index (χ2v) is 6.49. The van der Waals surface area contributed by atoms with Crippen LogP contribution >= 0.6 is 0 Å². The molecule has 0 bridgehead atoms. The molecule has 0 aliphatic heterocycles. The van der Waals surface area contributed by atoms with Crippen molar-refractivity contribution < 1.29 is 13.2 Å². The van der Waals surface area contributed by atoms with Gasteiger partial charge in [-0.2, -0.15) is 0 Å². The van der Waals surface area contributed by atoms with Crippen LogP contribution in [0, 0.1) is 6.92 Å². The van der Waals surface area contributed by atoms with Crippen LogP contribution in [0.3, 0.4) is 0 Å². The van der Waals surface area contributed by atoms with Crippen molar-refractivity contribution >= 4 is 26.5 Å². The first kappa shape index (κ1) is 12.7. The summed E-state index contributed by atoms with van der Waals surface area (Å²) in [6, 6.07) is 8.75. The summed E-state index contributed by atoms with van der Waals surface area (Å²) < 4.78 is 22.2. The first-order valence-corrected chi connectivity index (χ1v) is 7.49. The van der Waals surface area contributed by atoms with Crippen LogP contribution in [0.5, 0.6) is 0 Å². The Balaban J connectivity index is 2.41. The molecule has 18 heavy (non-hydrogen) atoms. The van der Waals surface area contributed by atoms with Crippen molar-refractivity contribution in [1.82, 2.24) is 4.98 Å². The van der Waals surface area contributed by atoms with E-state index in [1.54, 1.807) is 18.2 Å². The van der Waals surface area contributed by atoms with Gasteiger partial charge in [-0.05, 0) is 31.2 Å². The summed E-state index contributed by atoms with van der Waals surface area (Å²) >= 11 is 0. The van der Waals surface area contributed by atoms with Gasteiger partial charge in [0.25, 0.3) is 0 Å². The predicted molar refractivity (Wildman–Crippen MR) is 70.5 cm³/mol. The number of nitrogens with zero attached hydrogens (tertiary/aromatic N) is 1. The summed E-state index contributed by atoms with van der Waals surface area (Å²) in [4.78, 5) is 16.1. The van der Waals surface area contributed by atoms with Crippen LogP contribution in [0.4, 0.5) is 0 Å². The summed E-state index contributed by atoms with van der Waals surface area (Å²) in [5.74, 6) is -0.849. The van der Waals surface area contributed by atoms with Crippen molar-refractivity contribution in [2.75, 3.05) is 12.0 Å². The number of fused-ring (bicyclic) bond motifs is 1. The van der Waals surface area contributed by atoms with Gasteiger partial charge in [-0.3, -0.25) is 9.78 Å². The van der Waals surface area contributed by atoms with Gasteiger partial charge in [0.15, 0.2) is 15.6 Å². The zero-order chi connectivity index (χ0) is 13.3. The Hall–Kier alpha value is -1.75. The van der Waals surface area contributed by atoms with Crippen molar-refractivity contribution in [3.05, 3.63) is 41.6 Å². The Kier molecular flexibility index (Phi) is 3.17. The number of carbonyl (C=O) groups excluding carboxylic acids is 1. The molecule has 94 valence electrons. The minimum absolute atomic E-state index is 0.389. The molecule has 0 unspecified atom stereocenters. The van der Waals surface area contributed by atoms with Crippen LogP contribution in [0.15, 0.2) is 30.3 Å². The fourth-order valence-corrected chi connectivity index (χ4v) is 2.37. The van der Waals surface area contributed by atoms with E-state index in [0.717, 1.165) is 22.9 Å². The number of ketones is 1. The van der Waals surface area contributed by atoms with Gasteiger partial charge in [-0.1, -0.05) is 6.07 Å². The number of pyridine rings is 1. The average molecular weight is 263 g/mol. The SMILES string of the molecule is Cc1ccc2cc(C(=O)CS(C)(=O)=O)ccc2n1. The number of aryl methyl sites for hydroxylation is 1. The summed E-state index contributed by atoms with van der Waals surface area (Å²) in [6.45, 7) is 1.89. The zero-order valence-electron chi connectivity index (χ0n) is 10.2. The van der Waals surface area contributed by atoms with Crippen LogP contribution in [-0.2, 0) is 9.84 Å². The maximum Gasteiger partial charge on any atom is 0.177 e. The predicted octanol–water partition coefficient (Wildman–Crippen LogP) is 1.77. The van der Waals surface area contributed by atoms with Gasteiger partial charge < -0.3 is 0 Å². The van der Waals surface area contributed by atoms with Crippen LogP contribution < -0.4 is 0 Å². The van der Waals surface area contributed by atoms with E-state index in [-0.39, 0.29) is 5.78 Å². The minimum Gasteiger partial charge on any atom is -0.293 e. The molecule has 2 rings (SSSR count). The van der Waals surface area contributed by atoms with Crippen LogP contribution in [-0.4, -0.2) is 31.2 Å². The number of hydrogen-bond acceptors (Lipinski definition) is 4. The smallest absolute Gasteiger partial charge is 0.177 e. The van der Waals surface area contributed by atoms with E-state index in [1.807, 2.05) is 19.1 Å². The third kappa shape index (κ3) is 2.92. The van der Waals surface area contributed by atoms with E-state index in [4.69, 9.17) is 0 Å². The number of sulfone groups is 1. The van der Waals surface area contributed by atoms with Crippen molar-refractivity contribution in [3.8, 4) is 0 Å². The maximum absolute atomic E-state index is 11.8. The van der Waals surface area contributed by atoms with Crippen LogP contribution in [0.1, 0.15) is 16.1 Å². The number of carbonyl (C=O) groups is 1. The van der Waals surface area contributed by atoms with Crippen molar-refractivity contribution in [2.24, 2.45) is 0 Å². The van der Waals surface area contributed by atoms with E-state index >= 15 is 0 Å². The Morgan fingerprint density at radius 1 is 1.22 bits per heavy atom. The molecule has 0 fully saturated rings. The summed E-state index contributed by atoms with van der Waals surface area (Å²) in [5, 5.41) is 0.833. The molecule has 0 N–H and O–H groups in total. The van der Waals surface area contributed by atoms with E-state index in [0.29, 0.717) is 5.56 Å². The summed E-state index contributed by atoms with van der Waals surface area (Å²) in [5.41, 5.74) is 2.10. The molecule has 0 radical (unpaired) electrons. The maximum atomic E-state index is 11.8.